The molecular formula is C14H24N2S. The minimum Gasteiger partial charge on any atom is -0.314 e. The van der Waals surface area contributed by atoms with Crippen LogP contribution in [0.5, 0.6) is 0 Å². The molecule has 2 atom stereocenters. The van der Waals surface area contributed by atoms with E-state index in [0.717, 1.165) is 24.8 Å². The van der Waals surface area contributed by atoms with Gasteiger partial charge in [0, 0.05) is 17.3 Å². The second-order valence-corrected chi connectivity index (χ2v) is 6.60. The number of hydrogen-bond donors (Lipinski definition) is 1. The van der Waals surface area contributed by atoms with Gasteiger partial charge in [-0.15, -0.1) is 11.3 Å². The summed E-state index contributed by atoms with van der Waals surface area (Å²) in [6.07, 6.45) is 3.96. The van der Waals surface area contributed by atoms with Crippen molar-refractivity contribution in [2.75, 3.05) is 6.54 Å². The Morgan fingerprint density at radius 2 is 2.12 bits per heavy atom. The maximum absolute atomic E-state index is 4.67. The highest BCUT2D eigenvalue weighted by atomic mass is 32.1. The Morgan fingerprint density at radius 1 is 1.41 bits per heavy atom. The number of thiazole rings is 1. The molecule has 1 aromatic rings. The van der Waals surface area contributed by atoms with Crippen molar-refractivity contribution in [3.05, 3.63) is 15.6 Å². The van der Waals surface area contributed by atoms with Crippen LogP contribution in [0.25, 0.3) is 0 Å². The molecule has 1 aromatic heterocycles. The monoisotopic (exact) mass is 252 g/mol. The van der Waals surface area contributed by atoms with E-state index in [1.165, 1.54) is 28.4 Å². The zero-order valence-electron chi connectivity index (χ0n) is 11.4. The molecule has 1 aliphatic carbocycles. The number of hydrogen-bond acceptors (Lipinski definition) is 3. The third-order valence-corrected chi connectivity index (χ3v) is 5.03. The molecule has 1 heterocycles. The van der Waals surface area contributed by atoms with Crippen molar-refractivity contribution in [2.24, 2.45) is 11.8 Å². The average Bonchev–Trinajstić information content (AvgIpc) is 3.06. The van der Waals surface area contributed by atoms with E-state index in [2.05, 4.69) is 38.0 Å². The van der Waals surface area contributed by atoms with E-state index in [9.17, 15) is 0 Å². The van der Waals surface area contributed by atoms with Gasteiger partial charge in [0.2, 0.25) is 0 Å². The molecule has 2 unspecified atom stereocenters. The van der Waals surface area contributed by atoms with E-state index in [4.69, 9.17) is 0 Å². The molecule has 1 N–H and O–H groups in total. The molecule has 2 nitrogen and oxygen atoms in total. The number of aromatic nitrogens is 1. The van der Waals surface area contributed by atoms with Gasteiger partial charge >= 0.3 is 0 Å². The topological polar surface area (TPSA) is 24.9 Å². The first-order valence-corrected chi connectivity index (χ1v) is 7.59. The van der Waals surface area contributed by atoms with Crippen LogP contribution in [0, 0.1) is 25.7 Å². The fourth-order valence-corrected chi connectivity index (χ4v) is 3.46. The lowest BCUT2D eigenvalue weighted by Gasteiger charge is -2.23. The van der Waals surface area contributed by atoms with Crippen LogP contribution in [0.2, 0.25) is 0 Å². The first-order chi connectivity index (χ1) is 8.11. The molecule has 0 saturated heterocycles. The molecule has 17 heavy (non-hydrogen) atoms. The molecule has 1 saturated carbocycles. The van der Waals surface area contributed by atoms with E-state index in [0.29, 0.717) is 6.04 Å². The lowest BCUT2D eigenvalue weighted by Crippen LogP contribution is -2.37. The summed E-state index contributed by atoms with van der Waals surface area (Å²) < 4.78 is 0. The standard InChI is InChI=1S/C14H24N2S/c1-5-15-13(9(2)12-6-7-12)8-14-16-10(3)11(4)17-14/h9,12-13,15H,5-8H2,1-4H3. The summed E-state index contributed by atoms with van der Waals surface area (Å²) in [7, 11) is 0. The summed E-state index contributed by atoms with van der Waals surface area (Å²) in [5.41, 5.74) is 1.21. The fourth-order valence-electron chi connectivity index (χ4n) is 2.47. The van der Waals surface area contributed by atoms with Crippen molar-refractivity contribution in [1.29, 1.82) is 0 Å². The van der Waals surface area contributed by atoms with Crippen LogP contribution in [0.15, 0.2) is 0 Å². The van der Waals surface area contributed by atoms with Gasteiger partial charge in [0.1, 0.15) is 0 Å². The number of nitrogens with one attached hydrogen (secondary N) is 1. The Morgan fingerprint density at radius 3 is 2.59 bits per heavy atom. The van der Waals surface area contributed by atoms with Crippen molar-refractivity contribution in [2.45, 2.75) is 53.0 Å². The quantitative estimate of drug-likeness (QED) is 0.840. The van der Waals surface area contributed by atoms with Crippen molar-refractivity contribution >= 4 is 11.3 Å². The van der Waals surface area contributed by atoms with Gasteiger partial charge in [-0.1, -0.05) is 13.8 Å². The Kier molecular flexibility index (Phi) is 4.21. The summed E-state index contributed by atoms with van der Waals surface area (Å²) in [6, 6.07) is 0.609. The zero-order valence-corrected chi connectivity index (χ0v) is 12.2. The van der Waals surface area contributed by atoms with E-state index in [-0.39, 0.29) is 0 Å². The zero-order chi connectivity index (χ0) is 12.4. The second-order valence-electron chi connectivity index (χ2n) is 5.31. The maximum atomic E-state index is 4.67. The van der Waals surface area contributed by atoms with E-state index >= 15 is 0 Å². The van der Waals surface area contributed by atoms with Crippen LogP contribution in [-0.2, 0) is 6.42 Å². The first kappa shape index (κ1) is 13.0. The highest BCUT2D eigenvalue weighted by molar-refractivity contribution is 7.11. The number of aryl methyl sites for hydroxylation is 2. The van der Waals surface area contributed by atoms with E-state index in [1.807, 2.05) is 11.3 Å². The van der Waals surface area contributed by atoms with Gasteiger partial charge < -0.3 is 5.32 Å². The largest absolute Gasteiger partial charge is 0.314 e. The smallest absolute Gasteiger partial charge is 0.0946 e. The van der Waals surface area contributed by atoms with Gasteiger partial charge in [-0.05, 0) is 45.1 Å². The molecular weight excluding hydrogens is 228 g/mol. The van der Waals surface area contributed by atoms with Gasteiger partial charge in [-0.3, -0.25) is 0 Å². The van der Waals surface area contributed by atoms with Gasteiger partial charge in [0.25, 0.3) is 0 Å². The molecule has 1 aliphatic rings. The highest BCUT2D eigenvalue weighted by Gasteiger charge is 2.33. The van der Waals surface area contributed by atoms with Crippen molar-refractivity contribution in [3.63, 3.8) is 0 Å². The van der Waals surface area contributed by atoms with Crippen LogP contribution in [0.4, 0.5) is 0 Å². The van der Waals surface area contributed by atoms with Crippen molar-refractivity contribution < 1.29 is 0 Å². The summed E-state index contributed by atoms with van der Waals surface area (Å²) in [5.74, 6) is 1.75. The Bertz CT molecular complexity index is 349. The molecule has 0 aromatic carbocycles. The van der Waals surface area contributed by atoms with Gasteiger partial charge in [0.15, 0.2) is 0 Å². The molecule has 1 fully saturated rings. The summed E-state index contributed by atoms with van der Waals surface area (Å²) in [4.78, 5) is 6.04. The predicted octanol–water partition coefficient (Wildman–Crippen LogP) is 3.33. The van der Waals surface area contributed by atoms with Gasteiger partial charge in [-0.2, -0.15) is 0 Å². The lowest BCUT2D eigenvalue weighted by molar-refractivity contribution is 0.344. The third-order valence-electron chi connectivity index (χ3n) is 3.93. The summed E-state index contributed by atoms with van der Waals surface area (Å²) in [6.45, 7) is 9.94. The van der Waals surface area contributed by atoms with E-state index < -0.39 is 0 Å². The Balaban J connectivity index is 2.00. The molecule has 96 valence electrons. The van der Waals surface area contributed by atoms with Crippen LogP contribution in [-0.4, -0.2) is 17.6 Å². The Labute approximate surface area is 109 Å². The minimum atomic E-state index is 0.609. The summed E-state index contributed by atoms with van der Waals surface area (Å²) >= 11 is 1.87. The molecule has 3 heteroatoms. The molecule has 0 bridgehead atoms. The molecule has 0 amide bonds. The summed E-state index contributed by atoms with van der Waals surface area (Å²) in [5, 5.41) is 4.95. The van der Waals surface area contributed by atoms with Crippen molar-refractivity contribution in [1.82, 2.24) is 10.3 Å². The van der Waals surface area contributed by atoms with Crippen molar-refractivity contribution in [3.8, 4) is 0 Å². The maximum Gasteiger partial charge on any atom is 0.0946 e. The predicted molar refractivity (Wildman–Crippen MR) is 74.6 cm³/mol. The number of nitrogens with zero attached hydrogens (tertiary/aromatic N) is 1. The molecule has 2 rings (SSSR count). The normalized spacial score (nSPS) is 19.3. The highest BCUT2D eigenvalue weighted by Crippen LogP contribution is 2.39. The number of rotatable bonds is 6. The number of likely N-dealkylation sites (N-methyl/N-ethyl adjacent to an activating group) is 1. The molecule has 0 spiro atoms. The second kappa shape index (κ2) is 5.49. The van der Waals surface area contributed by atoms with E-state index in [1.54, 1.807) is 0 Å². The average molecular weight is 252 g/mol. The lowest BCUT2D eigenvalue weighted by atomic mass is 9.94. The SMILES string of the molecule is CCNC(Cc1nc(C)c(C)s1)C(C)C1CC1. The van der Waals surface area contributed by atoms with Gasteiger partial charge in [-0.25, -0.2) is 4.98 Å². The third kappa shape index (κ3) is 3.29. The van der Waals surface area contributed by atoms with Crippen LogP contribution in [0.1, 0.15) is 42.3 Å². The first-order valence-electron chi connectivity index (χ1n) is 6.78. The minimum absolute atomic E-state index is 0.609. The van der Waals surface area contributed by atoms with Crippen LogP contribution < -0.4 is 5.32 Å². The van der Waals surface area contributed by atoms with Gasteiger partial charge in [0.05, 0.1) is 10.7 Å². The fraction of sp³-hybridized carbons (Fsp3) is 0.786. The molecule has 0 radical (unpaired) electrons. The van der Waals surface area contributed by atoms with Crippen LogP contribution >= 0.6 is 11.3 Å². The molecule has 0 aliphatic heterocycles. The van der Waals surface area contributed by atoms with Crippen LogP contribution in [0.3, 0.4) is 0 Å². The Hall–Kier alpha value is -0.410.